The molecule has 0 saturated carbocycles. The molecule has 3 heteroatoms. The van der Waals surface area contributed by atoms with Gasteiger partial charge in [-0.15, -0.1) is 11.8 Å². The monoisotopic (exact) mass is 353 g/mol. The minimum absolute atomic E-state index is 0.516. The Bertz CT molecular complexity index is 427. The van der Waals surface area contributed by atoms with Crippen molar-refractivity contribution in [3.05, 3.63) is 40.4 Å². The lowest BCUT2D eigenvalue weighted by atomic mass is 9.96. The van der Waals surface area contributed by atoms with E-state index >= 15 is 0 Å². The van der Waals surface area contributed by atoms with Gasteiger partial charge in [0.2, 0.25) is 0 Å². The molecule has 0 saturated heterocycles. The number of hydrogen-bond acceptors (Lipinski definition) is 2. The molecule has 0 aromatic heterocycles. The maximum Gasteiger partial charge on any atom is 0.0371 e. The van der Waals surface area contributed by atoms with Crippen LogP contribution in [0.3, 0.4) is 0 Å². The molecule has 110 valence electrons. The Morgan fingerprint density at radius 2 is 1.90 bits per heavy atom. The molecule has 1 N–H and O–H groups in total. The summed E-state index contributed by atoms with van der Waals surface area (Å²) in [6.07, 6.45) is 10.5. The van der Waals surface area contributed by atoms with Crippen molar-refractivity contribution in [2.45, 2.75) is 49.5 Å². The SMILES string of the molecule is CNC(CSc1ccc(Br)cc1)/C1=C/CCCCCC1. The van der Waals surface area contributed by atoms with Gasteiger partial charge >= 0.3 is 0 Å². The summed E-state index contributed by atoms with van der Waals surface area (Å²) in [5.74, 6) is 1.12. The number of nitrogens with one attached hydrogen (secondary N) is 1. The summed E-state index contributed by atoms with van der Waals surface area (Å²) in [5.41, 5.74) is 1.62. The van der Waals surface area contributed by atoms with E-state index in [4.69, 9.17) is 0 Å². The second-order valence-corrected chi connectivity index (χ2v) is 7.35. The van der Waals surface area contributed by atoms with Crippen molar-refractivity contribution in [1.29, 1.82) is 0 Å². The van der Waals surface area contributed by atoms with Crippen LogP contribution in [0.2, 0.25) is 0 Å². The van der Waals surface area contributed by atoms with E-state index in [1.807, 2.05) is 11.8 Å². The lowest BCUT2D eigenvalue weighted by Crippen LogP contribution is -2.30. The van der Waals surface area contributed by atoms with E-state index in [9.17, 15) is 0 Å². The average Bonchev–Trinajstić information content (AvgIpc) is 2.43. The number of rotatable bonds is 5. The van der Waals surface area contributed by atoms with Crippen molar-refractivity contribution >= 4 is 27.7 Å². The molecule has 1 aromatic rings. The Balaban J connectivity index is 1.92. The Kier molecular flexibility index (Phi) is 7.18. The van der Waals surface area contributed by atoms with Gasteiger partial charge in [-0.3, -0.25) is 0 Å². The molecule has 0 radical (unpaired) electrons. The van der Waals surface area contributed by atoms with Crippen LogP contribution in [-0.2, 0) is 0 Å². The van der Waals surface area contributed by atoms with Gasteiger partial charge in [0.05, 0.1) is 0 Å². The first-order valence-corrected chi connectivity index (χ1v) is 9.32. The van der Waals surface area contributed by atoms with Crippen LogP contribution in [0.1, 0.15) is 38.5 Å². The maximum absolute atomic E-state index is 3.50. The fraction of sp³-hybridized carbons (Fsp3) is 0.529. The molecule has 1 atom stereocenters. The van der Waals surface area contributed by atoms with Crippen molar-refractivity contribution in [3.63, 3.8) is 0 Å². The van der Waals surface area contributed by atoms with Crippen LogP contribution in [-0.4, -0.2) is 18.8 Å². The largest absolute Gasteiger partial charge is 0.313 e. The van der Waals surface area contributed by atoms with Crippen LogP contribution in [0.5, 0.6) is 0 Å². The molecule has 1 aliphatic rings. The van der Waals surface area contributed by atoms with Crippen LogP contribution < -0.4 is 5.32 Å². The van der Waals surface area contributed by atoms with Crippen molar-refractivity contribution in [3.8, 4) is 0 Å². The molecule has 0 fully saturated rings. The standard InChI is InChI=1S/C17H24BrNS/c1-19-17(14-7-5-3-2-4-6-8-14)13-20-16-11-9-15(18)10-12-16/h7,9-12,17,19H,2-6,8,13H2,1H3/b14-7+. The smallest absolute Gasteiger partial charge is 0.0371 e. The molecule has 1 aliphatic carbocycles. The van der Waals surface area contributed by atoms with E-state index in [1.165, 1.54) is 43.4 Å². The topological polar surface area (TPSA) is 12.0 Å². The number of allylic oxidation sites excluding steroid dienone is 1. The Labute approximate surface area is 135 Å². The molecular weight excluding hydrogens is 330 g/mol. The van der Waals surface area contributed by atoms with Crippen molar-refractivity contribution in [2.24, 2.45) is 0 Å². The van der Waals surface area contributed by atoms with Gasteiger partial charge in [-0.1, -0.05) is 40.4 Å². The molecule has 1 unspecified atom stereocenters. The van der Waals surface area contributed by atoms with E-state index in [-0.39, 0.29) is 0 Å². The molecule has 0 spiro atoms. The summed E-state index contributed by atoms with van der Waals surface area (Å²) in [6.45, 7) is 0. The third-order valence-corrected chi connectivity index (χ3v) is 5.49. The summed E-state index contributed by atoms with van der Waals surface area (Å²) in [6, 6.07) is 9.13. The third-order valence-electron chi connectivity index (χ3n) is 3.85. The van der Waals surface area contributed by atoms with Crippen molar-refractivity contribution < 1.29 is 0 Å². The summed E-state index contributed by atoms with van der Waals surface area (Å²) in [5, 5.41) is 3.50. The van der Waals surface area contributed by atoms with Gasteiger partial charge in [-0.05, 0) is 57.0 Å². The van der Waals surface area contributed by atoms with Gasteiger partial charge < -0.3 is 5.32 Å². The van der Waals surface area contributed by atoms with E-state index in [2.05, 4.69) is 58.6 Å². The normalized spacial score (nSPS) is 20.6. The van der Waals surface area contributed by atoms with Gasteiger partial charge in [-0.2, -0.15) is 0 Å². The average molecular weight is 354 g/mol. The molecule has 20 heavy (non-hydrogen) atoms. The van der Waals surface area contributed by atoms with E-state index in [0.717, 1.165) is 10.2 Å². The number of likely N-dealkylation sites (N-methyl/N-ethyl adjacent to an activating group) is 1. The van der Waals surface area contributed by atoms with Crippen molar-refractivity contribution in [2.75, 3.05) is 12.8 Å². The Morgan fingerprint density at radius 3 is 2.65 bits per heavy atom. The fourth-order valence-electron chi connectivity index (χ4n) is 2.62. The minimum atomic E-state index is 0.516. The van der Waals surface area contributed by atoms with Gasteiger partial charge in [-0.25, -0.2) is 0 Å². The second-order valence-electron chi connectivity index (χ2n) is 5.34. The van der Waals surface area contributed by atoms with Crippen LogP contribution >= 0.6 is 27.7 Å². The van der Waals surface area contributed by atoms with Crippen LogP contribution in [0.15, 0.2) is 45.3 Å². The third kappa shape index (κ3) is 5.27. The Hall–Kier alpha value is -0.250. The van der Waals surface area contributed by atoms with Crippen molar-refractivity contribution in [1.82, 2.24) is 5.32 Å². The van der Waals surface area contributed by atoms with Gasteiger partial charge in [0.15, 0.2) is 0 Å². The highest BCUT2D eigenvalue weighted by Gasteiger charge is 2.13. The van der Waals surface area contributed by atoms with E-state index in [1.54, 1.807) is 5.57 Å². The highest BCUT2D eigenvalue weighted by atomic mass is 79.9. The number of halogens is 1. The second kappa shape index (κ2) is 8.91. The molecular formula is C17H24BrNS. The quantitative estimate of drug-likeness (QED) is 0.560. The zero-order valence-electron chi connectivity index (χ0n) is 12.2. The van der Waals surface area contributed by atoms with Gasteiger partial charge in [0.25, 0.3) is 0 Å². The Morgan fingerprint density at radius 1 is 1.15 bits per heavy atom. The van der Waals surface area contributed by atoms with Gasteiger partial charge in [0, 0.05) is 21.2 Å². The number of hydrogen-bond donors (Lipinski definition) is 1. The first-order valence-electron chi connectivity index (χ1n) is 7.54. The summed E-state index contributed by atoms with van der Waals surface area (Å²) in [7, 11) is 2.09. The van der Waals surface area contributed by atoms with Crippen LogP contribution in [0.25, 0.3) is 0 Å². The molecule has 0 amide bonds. The van der Waals surface area contributed by atoms with E-state index < -0.39 is 0 Å². The number of thioether (sulfide) groups is 1. The van der Waals surface area contributed by atoms with Crippen LogP contribution in [0.4, 0.5) is 0 Å². The lowest BCUT2D eigenvalue weighted by molar-refractivity contribution is 0.583. The zero-order valence-corrected chi connectivity index (χ0v) is 14.6. The molecule has 2 rings (SSSR count). The minimum Gasteiger partial charge on any atom is -0.313 e. The first-order chi connectivity index (χ1) is 9.79. The maximum atomic E-state index is 3.50. The zero-order chi connectivity index (χ0) is 14.2. The first kappa shape index (κ1) is 16.1. The lowest BCUT2D eigenvalue weighted by Gasteiger charge is -2.21. The van der Waals surface area contributed by atoms with Crippen LogP contribution in [0, 0.1) is 0 Å². The van der Waals surface area contributed by atoms with Gasteiger partial charge in [0.1, 0.15) is 0 Å². The summed E-state index contributed by atoms with van der Waals surface area (Å²) in [4.78, 5) is 1.35. The molecule has 0 heterocycles. The highest BCUT2D eigenvalue weighted by molar-refractivity contribution is 9.10. The highest BCUT2D eigenvalue weighted by Crippen LogP contribution is 2.25. The predicted octanol–water partition coefficient (Wildman–Crippen LogP) is 5.41. The fourth-order valence-corrected chi connectivity index (χ4v) is 3.95. The number of benzene rings is 1. The summed E-state index contributed by atoms with van der Waals surface area (Å²) < 4.78 is 1.15. The molecule has 0 bridgehead atoms. The molecule has 0 aliphatic heterocycles. The molecule has 1 aromatic carbocycles. The van der Waals surface area contributed by atoms with E-state index in [0.29, 0.717) is 6.04 Å². The molecule has 1 nitrogen and oxygen atoms in total. The summed E-state index contributed by atoms with van der Waals surface area (Å²) >= 11 is 5.43. The predicted molar refractivity (Wildman–Crippen MR) is 93.5 cm³/mol.